The molecule has 4 bridgehead atoms. The lowest BCUT2D eigenvalue weighted by Crippen LogP contribution is -2.57. The monoisotopic (exact) mass is 525 g/mol. The molecular formula is C28H31NO5S2. The van der Waals surface area contributed by atoms with Gasteiger partial charge in [0.1, 0.15) is 27.3 Å². The highest BCUT2D eigenvalue weighted by Gasteiger charge is 2.53. The third kappa shape index (κ3) is 4.27. The van der Waals surface area contributed by atoms with Crippen LogP contribution in [0.15, 0.2) is 33.6 Å². The van der Waals surface area contributed by atoms with Crippen molar-refractivity contribution in [1.29, 1.82) is 0 Å². The molecular weight excluding hydrogens is 494 g/mol. The summed E-state index contributed by atoms with van der Waals surface area (Å²) >= 11 is 7.13. The lowest BCUT2D eigenvalue weighted by atomic mass is 9.54. The average molecular weight is 526 g/mol. The Labute approximate surface area is 220 Å². The summed E-state index contributed by atoms with van der Waals surface area (Å²) in [7, 11) is 1.55. The van der Waals surface area contributed by atoms with Crippen LogP contribution in [0.1, 0.15) is 49.8 Å². The zero-order valence-corrected chi connectivity index (χ0v) is 21.9. The number of thiocarbonyl (C=S) groups is 1. The molecule has 7 rings (SSSR count). The van der Waals surface area contributed by atoms with E-state index < -0.39 is 0 Å². The number of amides is 1. The molecule has 0 unspecified atom stereocenters. The maximum absolute atomic E-state index is 13.7. The molecule has 2 N–H and O–H groups in total. The summed E-state index contributed by atoms with van der Waals surface area (Å²) in [4.78, 5) is 16.2. The first-order chi connectivity index (χ1) is 17.4. The molecule has 5 aliphatic rings. The molecule has 190 valence electrons. The number of aliphatic hydroxyl groups excluding tert-OH is 1. The molecule has 1 aromatic carbocycles. The van der Waals surface area contributed by atoms with Crippen LogP contribution in [0.5, 0.6) is 11.5 Å². The number of aliphatic hydroxyl groups is 1. The molecule has 0 atom stereocenters. The van der Waals surface area contributed by atoms with Crippen LogP contribution >= 0.6 is 24.0 Å². The van der Waals surface area contributed by atoms with Gasteiger partial charge in [-0.15, -0.1) is 0 Å². The van der Waals surface area contributed by atoms with E-state index in [0.717, 1.165) is 17.4 Å². The second-order valence-corrected chi connectivity index (χ2v) is 12.4. The van der Waals surface area contributed by atoms with Crippen molar-refractivity contribution in [2.45, 2.75) is 51.0 Å². The Kier molecular flexibility index (Phi) is 6.38. The van der Waals surface area contributed by atoms with Gasteiger partial charge in [-0.3, -0.25) is 9.69 Å². The summed E-state index contributed by atoms with van der Waals surface area (Å²) in [5.41, 5.74) is 1.58. The van der Waals surface area contributed by atoms with Gasteiger partial charge in [0.25, 0.3) is 5.91 Å². The highest BCUT2D eigenvalue weighted by atomic mass is 32.2. The molecule has 0 radical (unpaired) electrons. The molecule has 2 aromatic rings. The lowest BCUT2D eigenvalue weighted by molar-refractivity contribution is -0.130. The number of carbonyl (C=O) groups is 1. The van der Waals surface area contributed by atoms with Gasteiger partial charge in [-0.1, -0.05) is 24.0 Å². The number of furan rings is 1. The molecule has 4 aliphatic carbocycles. The fraction of sp³-hybridized carbons (Fsp3) is 0.500. The molecule has 36 heavy (non-hydrogen) atoms. The van der Waals surface area contributed by atoms with Crippen LogP contribution in [0.3, 0.4) is 0 Å². The fourth-order valence-corrected chi connectivity index (χ4v) is 8.51. The molecule has 1 saturated heterocycles. The summed E-state index contributed by atoms with van der Waals surface area (Å²) in [5, 5.41) is 19.5. The number of methoxy groups -OCH3 is 1. The molecule has 0 spiro atoms. The van der Waals surface area contributed by atoms with Crippen LogP contribution in [0.25, 0.3) is 17.4 Å². The normalized spacial score (nSPS) is 30.1. The zero-order valence-electron chi connectivity index (χ0n) is 20.3. The van der Waals surface area contributed by atoms with Gasteiger partial charge in [0.15, 0.2) is 0 Å². The van der Waals surface area contributed by atoms with Crippen molar-refractivity contribution in [3.8, 4) is 22.8 Å². The molecule has 6 nitrogen and oxygen atoms in total. The Morgan fingerprint density at radius 3 is 2.53 bits per heavy atom. The Bertz CT molecular complexity index is 1210. The number of aromatic hydroxyl groups is 1. The summed E-state index contributed by atoms with van der Waals surface area (Å²) in [6.07, 6.45) is 9.30. The highest BCUT2D eigenvalue weighted by molar-refractivity contribution is 8.26. The minimum absolute atomic E-state index is 0.00689. The maximum Gasteiger partial charge on any atom is 0.266 e. The van der Waals surface area contributed by atoms with E-state index in [2.05, 4.69) is 0 Å². The van der Waals surface area contributed by atoms with E-state index in [4.69, 9.17) is 21.4 Å². The lowest BCUT2D eigenvalue weighted by Gasteiger charge is -2.56. The van der Waals surface area contributed by atoms with Crippen molar-refractivity contribution >= 4 is 40.3 Å². The van der Waals surface area contributed by atoms with E-state index in [0.29, 0.717) is 56.7 Å². The summed E-state index contributed by atoms with van der Waals surface area (Å²) in [6.45, 7) is 0.0640. The van der Waals surface area contributed by atoms with Gasteiger partial charge in [-0.25, -0.2) is 0 Å². The van der Waals surface area contributed by atoms with Gasteiger partial charge in [0, 0.05) is 30.4 Å². The Morgan fingerprint density at radius 1 is 1.14 bits per heavy atom. The first-order valence-electron chi connectivity index (χ1n) is 12.8. The summed E-state index contributed by atoms with van der Waals surface area (Å²) in [6, 6.07) is 7.09. The van der Waals surface area contributed by atoms with Crippen LogP contribution < -0.4 is 4.74 Å². The van der Waals surface area contributed by atoms with E-state index in [-0.39, 0.29) is 24.3 Å². The van der Waals surface area contributed by atoms with Crippen LogP contribution in [0.2, 0.25) is 0 Å². The molecule has 1 aliphatic heterocycles. The minimum atomic E-state index is -0.00689. The van der Waals surface area contributed by atoms with Gasteiger partial charge < -0.3 is 19.4 Å². The first kappa shape index (κ1) is 24.1. The second kappa shape index (κ2) is 9.54. The SMILES string of the molecule is COc1cc(O)cc(-c2cc(CCCO)c(C=C3SC(=S)N(C4C5CC6CC(C5)CC4C6)C3=O)o2)c1. The number of hydrogen-bond donors (Lipinski definition) is 2. The smallest absolute Gasteiger partial charge is 0.266 e. The fourth-order valence-electron chi connectivity index (χ4n) is 7.19. The average Bonchev–Trinajstić information content (AvgIpc) is 3.37. The van der Waals surface area contributed by atoms with E-state index >= 15 is 0 Å². The number of rotatable bonds is 7. The Hall–Kier alpha value is -2.29. The molecule has 2 heterocycles. The number of phenols is 1. The zero-order chi connectivity index (χ0) is 25.0. The Morgan fingerprint density at radius 2 is 1.86 bits per heavy atom. The van der Waals surface area contributed by atoms with Crippen LogP contribution in [0, 0.1) is 23.7 Å². The molecule has 8 heteroatoms. The number of carbonyl (C=O) groups excluding carboxylic acids is 1. The van der Waals surface area contributed by atoms with E-state index in [1.165, 1.54) is 49.9 Å². The number of aryl methyl sites for hydroxylation is 1. The molecule has 1 aromatic heterocycles. The predicted octanol–water partition coefficient (Wildman–Crippen LogP) is 5.61. The minimum Gasteiger partial charge on any atom is -0.508 e. The van der Waals surface area contributed by atoms with Crippen molar-refractivity contribution in [3.63, 3.8) is 0 Å². The number of ether oxygens (including phenoxy) is 1. The first-order valence-corrected chi connectivity index (χ1v) is 14.0. The predicted molar refractivity (Wildman–Crippen MR) is 144 cm³/mol. The number of phenolic OH excluding ortho intramolecular Hbond substituents is 1. The van der Waals surface area contributed by atoms with Gasteiger partial charge in [-0.2, -0.15) is 0 Å². The van der Waals surface area contributed by atoms with Crippen LogP contribution in [-0.4, -0.2) is 45.1 Å². The standard InChI is InChI=1S/C28H31NO5S2/c1-33-22-11-18(10-21(31)13-22)23-12-17(3-2-4-30)24(34-23)14-25-27(32)29(28(35)36-25)26-19-6-15-5-16(8-19)9-20(26)7-15/h10-16,19-20,26,30-31H,2-9H2,1H3. The summed E-state index contributed by atoms with van der Waals surface area (Å²) < 4.78 is 12.2. The van der Waals surface area contributed by atoms with Crippen molar-refractivity contribution in [2.75, 3.05) is 13.7 Å². The topological polar surface area (TPSA) is 83.1 Å². The number of nitrogens with zero attached hydrogens (tertiary/aromatic N) is 1. The number of hydrogen-bond acceptors (Lipinski definition) is 7. The molecule has 5 fully saturated rings. The third-order valence-electron chi connectivity index (χ3n) is 8.42. The van der Waals surface area contributed by atoms with Gasteiger partial charge in [0.2, 0.25) is 0 Å². The van der Waals surface area contributed by atoms with Crippen LogP contribution in [-0.2, 0) is 11.2 Å². The van der Waals surface area contributed by atoms with E-state index in [1.807, 2.05) is 17.0 Å². The second-order valence-electron chi connectivity index (χ2n) is 10.7. The Balaban J connectivity index is 1.31. The highest BCUT2D eigenvalue weighted by Crippen LogP contribution is 2.56. The van der Waals surface area contributed by atoms with Crippen molar-refractivity contribution in [2.24, 2.45) is 23.7 Å². The number of benzene rings is 1. The van der Waals surface area contributed by atoms with Gasteiger partial charge in [-0.05, 0) is 92.4 Å². The molecule has 4 saturated carbocycles. The van der Waals surface area contributed by atoms with Gasteiger partial charge in [0.05, 0.1) is 12.0 Å². The van der Waals surface area contributed by atoms with Crippen molar-refractivity contribution in [3.05, 3.63) is 40.5 Å². The molecule has 1 amide bonds. The van der Waals surface area contributed by atoms with Crippen molar-refractivity contribution < 1.29 is 24.2 Å². The third-order valence-corrected chi connectivity index (χ3v) is 9.75. The quantitative estimate of drug-likeness (QED) is 0.359. The van der Waals surface area contributed by atoms with Crippen molar-refractivity contribution in [1.82, 2.24) is 4.90 Å². The number of thioether (sulfide) groups is 1. The summed E-state index contributed by atoms with van der Waals surface area (Å²) in [5.74, 6) is 4.57. The largest absolute Gasteiger partial charge is 0.508 e. The van der Waals surface area contributed by atoms with Crippen LogP contribution in [0.4, 0.5) is 0 Å². The van der Waals surface area contributed by atoms with E-state index in [9.17, 15) is 15.0 Å². The maximum atomic E-state index is 13.7. The van der Waals surface area contributed by atoms with Gasteiger partial charge >= 0.3 is 0 Å². The van der Waals surface area contributed by atoms with E-state index in [1.54, 1.807) is 19.2 Å².